The van der Waals surface area contributed by atoms with E-state index in [9.17, 15) is 14.0 Å². The fourth-order valence-electron chi connectivity index (χ4n) is 2.40. The van der Waals surface area contributed by atoms with Crippen LogP contribution < -0.4 is 10.6 Å². The summed E-state index contributed by atoms with van der Waals surface area (Å²) in [5, 5.41) is 13.9. The fraction of sp³-hybridized carbons (Fsp3) is 0.158. The Hall–Kier alpha value is -2.72. The third-order valence-electron chi connectivity index (χ3n) is 3.93. The Balaban J connectivity index is 1.54. The second-order valence-electron chi connectivity index (χ2n) is 5.94. The molecule has 29 heavy (non-hydrogen) atoms. The van der Waals surface area contributed by atoms with Crippen LogP contribution in [0.4, 0.5) is 10.1 Å². The summed E-state index contributed by atoms with van der Waals surface area (Å²) in [6.45, 7) is 0.186. The number of aromatic nitrogens is 3. The third-order valence-corrected chi connectivity index (χ3v) is 5.64. The van der Waals surface area contributed by atoms with Crippen molar-refractivity contribution in [1.29, 1.82) is 0 Å². The third kappa shape index (κ3) is 5.42. The predicted octanol–water partition coefficient (Wildman–Crippen LogP) is 3.38. The van der Waals surface area contributed by atoms with Gasteiger partial charge in [-0.05, 0) is 40.2 Å². The van der Waals surface area contributed by atoms with Gasteiger partial charge < -0.3 is 15.2 Å². The largest absolute Gasteiger partial charge is 0.345 e. The summed E-state index contributed by atoms with van der Waals surface area (Å²) >= 11 is 4.51. The Morgan fingerprint density at radius 1 is 1.14 bits per heavy atom. The van der Waals surface area contributed by atoms with E-state index >= 15 is 0 Å². The van der Waals surface area contributed by atoms with Gasteiger partial charge in [0, 0.05) is 11.5 Å². The summed E-state index contributed by atoms with van der Waals surface area (Å²) in [5.41, 5.74) is 0.653. The van der Waals surface area contributed by atoms with E-state index in [4.69, 9.17) is 0 Å². The first kappa shape index (κ1) is 21.0. The van der Waals surface area contributed by atoms with Crippen LogP contribution in [-0.2, 0) is 18.4 Å². The number of hydrogen-bond acceptors (Lipinski definition) is 5. The van der Waals surface area contributed by atoms with Crippen molar-refractivity contribution in [1.82, 2.24) is 20.1 Å². The number of amides is 2. The maximum absolute atomic E-state index is 13.6. The Morgan fingerprint density at radius 3 is 2.62 bits per heavy atom. The number of para-hydroxylation sites is 1. The van der Waals surface area contributed by atoms with Gasteiger partial charge in [0.15, 0.2) is 11.0 Å². The second kappa shape index (κ2) is 9.66. The molecule has 0 aliphatic carbocycles. The van der Waals surface area contributed by atoms with Crippen LogP contribution in [-0.4, -0.2) is 32.3 Å². The number of thioether (sulfide) groups is 1. The predicted molar refractivity (Wildman–Crippen MR) is 112 cm³/mol. The molecule has 150 valence electrons. The lowest BCUT2D eigenvalue weighted by Crippen LogP contribution is -2.24. The minimum atomic E-state index is -0.493. The maximum atomic E-state index is 13.6. The van der Waals surface area contributed by atoms with Crippen molar-refractivity contribution < 1.29 is 14.0 Å². The van der Waals surface area contributed by atoms with E-state index in [0.717, 1.165) is 0 Å². The maximum Gasteiger partial charge on any atom is 0.252 e. The average molecular weight is 478 g/mol. The number of benzene rings is 2. The van der Waals surface area contributed by atoms with Crippen LogP contribution in [0.25, 0.3) is 0 Å². The lowest BCUT2D eigenvalue weighted by atomic mass is 10.2. The molecule has 0 atom stereocenters. The Labute approximate surface area is 179 Å². The second-order valence-corrected chi connectivity index (χ2v) is 7.73. The van der Waals surface area contributed by atoms with Gasteiger partial charge in [-0.15, -0.1) is 10.2 Å². The van der Waals surface area contributed by atoms with Gasteiger partial charge in [0.25, 0.3) is 5.91 Å². The van der Waals surface area contributed by atoms with Gasteiger partial charge in [0.2, 0.25) is 5.91 Å². The van der Waals surface area contributed by atoms with Crippen molar-refractivity contribution in [2.24, 2.45) is 7.05 Å². The number of rotatable bonds is 7. The molecule has 1 aromatic heterocycles. The van der Waals surface area contributed by atoms with Crippen LogP contribution in [0.3, 0.4) is 0 Å². The highest BCUT2D eigenvalue weighted by Crippen LogP contribution is 2.18. The molecule has 0 unspecified atom stereocenters. The minimum absolute atomic E-state index is 0.0453. The summed E-state index contributed by atoms with van der Waals surface area (Å²) in [7, 11) is 1.75. The molecule has 0 saturated heterocycles. The first-order chi connectivity index (χ1) is 14.0. The fourth-order valence-corrected chi connectivity index (χ4v) is 3.60. The summed E-state index contributed by atoms with van der Waals surface area (Å²) in [5.74, 6) is -0.496. The SMILES string of the molecule is Cn1c(CNC(=O)c2ccccc2Br)nnc1SCC(=O)Nc1ccccc1F. The lowest BCUT2D eigenvalue weighted by molar-refractivity contribution is -0.113. The number of nitrogens with one attached hydrogen (secondary N) is 2. The molecule has 3 rings (SSSR count). The van der Waals surface area contributed by atoms with Crippen molar-refractivity contribution in [3.8, 4) is 0 Å². The zero-order chi connectivity index (χ0) is 20.8. The smallest absolute Gasteiger partial charge is 0.252 e. The molecule has 0 bridgehead atoms. The first-order valence-corrected chi connectivity index (χ1v) is 10.3. The number of carbonyl (C=O) groups excluding carboxylic acids is 2. The molecule has 0 saturated carbocycles. The highest BCUT2D eigenvalue weighted by atomic mass is 79.9. The van der Waals surface area contributed by atoms with Crippen LogP contribution >= 0.6 is 27.7 Å². The molecule has 2 aromatic carbocycles. The van der Waals surface area contributed by atoms with Gasteiger partial charge in [-0.1, -0.05) is 36.0 Å². The van der Waals surface area contributed by atoms with E-state index in [1.165, 1.54) is 23.9 Å². The summed E-state index contributed by atoms with van der Waals surface area (Å²) in [6.07, 6.45) is 0. The average Bonchev–Trinajstić information content (AvgIpc) is 3.06. The van der Waals surface area contributed by atoms with E-state index in [0.29, 0.717) is 21.0 Å². The van der Waals surface area contributed by atoms with E-state index in [1.807, 2.05) is 6.07 Å². The highest BCUT2D eigenvalue weighted by molar-refractivity contribution is 9.10. The van der Waals surface area contributed by atoms with Crippen molar-refractivity contribution in [3.05, 3.63) is 70.2 Å². The molecule has 0 aliphatic heterocycles. The monoisotopic (exact) mass is 477 g/mol. The number of carbonyl (C=O) groups is 2. The Bertz CT molecular complexity index is 1040. The summed E-state index contributed by atoms with van der Waals surface area (Å²) in [6, 6.07) is 13.1. The number of anilines is 1. The molecule has 10 heteroatoms. The van der Waals surface area contributed by atoms with Crippen LogP contribution in [0, 0.1) is 5.82 Å². The van der Waals surface area contributed by atoms with Crippen LogP contribution in [0.2, 0.25) is 0 Å². The van der Waals surface area contributed by atoms with E-state index in [2.05, 4.69) is 36.8 Å². The Kier molecular flexibility index (Phi) is 6.99. The van der Waals surface area contributed by atoms with Gasteiger partial charge in [0.05, 0.1) is 23.5 Å². The van der Waals surface area contributed by atoms with Crippen molar-refractivity contribution in [3.63, 3.8) is 0 Å². The molecule has 0 spiro atoms. The Morgan fingerprint density at radius 2 is 1.86 bits per heavy atom. The van der Waals surface area contributed by atoms with Gasteiger partial charge in [-0.25, -0.2) is 4.39 Å². The van der Waals surface area contributed by atoms with E-state index < -0.39 is 5.82 Å². The molecule has 1 heterocycles. The first-order valence-electron chi connectivity index (χ1n) is 8.54. The number of nitrogens with zero attached hydrogens (tertiary/aromatic N) is 3. The summed E-state index contributed by atoms with van der Waals surface area (Å²) in [4.78, 5) is 24.3. The highest BCUT2D eigenvalue weighted by Gasteiger charge is 2.14. The van der Waals surface area contributed by atoms with Crippen molar-refractivity contribution in [2.75, 3.05) is 11.1 Å². The molecule has 7 nitrogen and oxygen atoms in total. The quantitative estimate of drug-likeness (QED) is 0.509. The van der Waals surface area contributed by atoms with Crippen LogP contribution in [0.5, 0.6) is 0 Å². The number of halogens is 2. The molecule has 3 aromatic rings. The van der Waals surface area contributed by atoms with E-state index in [1.54, 1.807) is 41.9 Å². The molecule has 0 radical (unpaired) electrons. The lowest BCUT2D eigenvalue weighted by Gasteiger charge is -2.08. The van der Waals surface area contributed by atoms with E-state index in [-0.39, 0.29) is 29.8 Å². The standard InChI is InChI=1S/C19H17BrFN5O2S/c1-26-16(10-22-18(28)12-6-2-3-7-13(12)20)24-25-19(26)29-11-17(27)23-15-9-5-4-8-14(15)21/h2-9H,10-11H2,1H3,(H,22,28)(H,23,27). The zero-order valence-electron chi connectivity index (χ0n) is 15.4. The van der Waals surface area contributed by atoms with Crippen molar-refractivity contribution >= 4 is 45.2 Å². The zero-order valence-corrected chi connectivity index (χ0v) is 17.8. The van der Waals surface area contributed by atoms with Crippen LogP contribution in [0.1, 0.15) is 16.2 Å². The van der Waals surface area contributed by atoms with Gasteiger partial charge in [-0.3, -0.25) is 9.59 Å². The molecule has 0 aliphatic rings. The molecule has 2 N–H and O–H groups in total. The van der Waals surface area contributed by atoms with Crippen LogP contribution in [0.15, 0.2) is 58.2 Å². The molecular weight excluding hydrogens is 461 g/mol. The molecule has 0 fully saturated rings. The summed E-state index contributed by atoms with van der Waals surface area (Å²) < 4.78 is 16.0. The minimum Gasteiger partial charge on any atom is -0.345 e. The van der Waals surface area contributed by atoms with Gasteiger partial charge >= 0.3 is 0 Å². The topological polar surface area (TPSA) is 88.9 Å². The van der Waals surface area contributed by atoms with Gasteiger partial charge in [-0.2, -0.15) is 0 Å². The van der Waals surface area contributed by atoms with Gasteiger partial charge in [0.1, 0.15) is 5.82 Å². The number of hydrogen-bond donors (Lipinski definition) is 2. The molecular formula is C19H17BrFN5O2S. The van der Waals surface area contributed by atoms with Crippen molar-refractivity contribution in [2.45, 2.75) is 11.7 Å². The normalized spacial score (nSPS) is 10.6. The molecule has 2 amide bonds.